The lowest BCUT2D eigenvalue weighted by Crippen LogP contribution is -2.15. The Hall–Kier alpha value is -2.43. The maximum absolute atomic E-state index is 12.2. The number of aryl methyl sites for hydroxylation is 1. The molecule has 0 aliphatic heterocycles. The zero-order valence-electron chi connectivity index (χ0n) is 12.9. The van der Waals surface area contributed by atoms with E-state index in [0.29, 0.717) is 11.3 Å². The smallest absolute Gasteiger partial charge is 0.234 e. The number of carbonyl (C=O) groups excluding carboxylic acids is 1. The molecule has 1 amide bonds. The summed E-state index contributed by atoms with van der Waals surface area (Å²) in [6.07, 6.45) is 2.49. The second-order valence-corrected chi connectivity index (χ2v) is 7.04. The number of anilines is 1. The fraction of sp³-hybridized carbons (Fsp3) is 0.176. The van der Waals surface area contributed by atoms with Gasteiger partial charge in [-0.25, -0.2) is 9.97 Å². The summed E-state index contributed by atoms with van der Waals surface area (Å²) >= 11 is 3.03. The van der Waals surface area contributed by atoms with Crippen molar-refractivity contribution in [1.29, 1.82) is 5.26 Å². The highest BCUT2D eigenvalue weighted by Gasteiger charge is 2.11. The van der Waals surface area contributed by atoms with Gasteiger partial charge in [0.1, 0.15) is 22.3 Å². The molecule has 0 radical (unpaired) electrons. The van der Waals surface area contributed by atoms with Crippen molar-refractivity contribution in [1.82, 2.24) is 9.97 Å². The first-order valence-corrected chi connectivity index (χ1v) is 9.16. The SMILES string of the molecule is CCc1cc2c(SCC(=O)Nc3ccccc3C#N)ncnc2s1. The van der Waals surface area contributed by atoms with Crippen LogP contribution in [0.1, 0.15) is 17.4 Å². The number of rotatable bonds is 5. The van der Waals surface area contributed by atoms with Gasteiger partial charge in [0.25, 0.3) is 0 Å². The fourth-order valence-electron chi connectivity index (χ4n) is 2.18. The van der Waals surface area contributed by atoms with Gasteiger partial charge in [0, 0.05) is 10.3 Å². The number of fused-ring (bicyclic) bond motifs is 1. The third-order valence-corrected chi connectivity index (χ3v) is 5.55. The Morgan fingerprint density at radius 3 is 3.00 bits per heavy atom. The predicted octanol–water partition coefficient (Wildman–Crippen LogP) is 3.86. The van der Waals surface area contributed by atoms with E-state index in [1.807, 2.05) is 0 Å². The normalized spacial score (nSPS) is 10.5. The fourth-order valence-corrected chi connectivity index (χ4v) is 3.96. The minimum Gasteiger partial charge on any atom is -0.324 e. The summed E-state index contributed by atoms with van der Waals surface area (Å²) in [5.41, 5.74) is 0.980. The van der Waals surface area contributed by atoms with Gasteiger partial charge in [-0.05, 0) is 24.6 Å². The Balaban J connectivity index is 1.71. The van der Waals surface area contributed by atoms with E-state index in [2.05, 4.69) is 34.3 Å². The number of aromatic nitrogens is 2. The quantitative estimate of drug-likeness (QED) is 0.556. The summed E-state index contributed by atoms with van der Waals surface area (Å²) in [5.74, 6) is 0.0591. The standard InChI is InChI=1S/C17H14N4OS2/c1-2-12-7-13-16(19-10-20-17(13)24-12)23-9-15(22)21-14-6-4-3-5-11(14)8-18/h3-7,10H,2,9H2,1H3,(H,21,22). The largest absolute Gasteiger partial charge is 0.324 e. The predicted molar refractivity (Wildman–Crippen MR) is 97.3 cm³/mol. The number of thiophene rings is 1. The molecule has 0 unspecified atom stereocenters. The van der Waals surface area contributed by atoms with Crippen LogP contribution in [0.5, 0.6) is 0 Å². The summed E-state index contributed by atoms with van der Waals surface area (Å²) in [7, 11) is 0. The number of amides is 1. The summed E-state index contributed by atoms with van der Waals surface area (Å²) in [4.78, 5) is 22.9. The molecule has 0 saturated carbocycles. The number of thioether (sulfide) groups is 1. The Morgan fingerprint density at radius 2 is 2.21 bits per heavy atom. The van der Waals surface area contributed by atoms with E-state index in [-0.39, 0.29) is 11.7 Å². The Labute approximate surface area is 147 Å². The number of nitriles is 1. The maximum Gasteiger partial charge on any atom is 0.234 e. The Bertz CT molecular complexity index is 930. The molecule has 2 aromatic heterocycles. The van der Waals surface area contributed by atoms with Crippen molar-refractivity contribution in [2.45, 2.75) is 18.4 Å². The molecule has 1 N–H and O–H groups in total. The second kappa shape index (κ2) is 7.43. The Kier molecular flexibility index (Phi) is 5.08. The van der Waals surface area contributed by atoms with Crippen molar-refractivity contribution in [2.75, 3.05) is 11.1 Å². The molecule has 0 atom stereocenters. The first-order valence-electron chi connectivity index (χ1n) is 7.36. The van der Waals surface area contributed by atoms with Crippen LogP contribution in [0.3, 0.4) is 0 Å². The van der Waals surface area contributed by atoms with Crippen LogP contribution in [0, 0.1) is 11.3 Å². The monoisotopic (exact) mass is 354 g/mol. The van der Waals surface area contributed by atoms with Crippen LogP contribution in [-0.4, -0.2) is 21.6 Å². The van der Waals surface area contributed by atoms with Gasteiger partial charge in [0.2, 0.25) is 5.91 Å². The molecule has 0 aliphatic rings. The molecule has 3 rings (SSSR count). The average molecular weight is 354 g/mol. The van der Waals surface area contributed by atoms with E-state index in [0.717, 1.165) is 21.7 Å². The van der Waals surface area contributed by atoms with Gasteiger partial charge in [-0.3, -0.25) is 4.79 Å². The summed E-state index contributed by atoms with van der Waals surface area (Å²) < 4.78 is 0. The molecule has 3 aromatic rings. The molecule has 0 fully saturated rings. The first-order chi connectivity index (χ1) is 11.7. The number of hydrogen-bond donors (Lipinski definition) is 1. The third-order valence-electron chi connectivity index (χ3n) is 3.35. The maximum atomic E-state index is 12.2. The zero-order valence-corrected chi connectivity index (χ0v) is 14.6. The van der Waals surface area contributed by atoms with E-state index >= 15 is 0 Å². The molecule has 0 bridgehead atoms. The molecule has 7 heteroatoms. The number of para-hydroxylation sites is 1. The van der Waals surface area contributed by atoms with Crippen molar-refractivity contribution >= 4 is 44.9 Å². The lowest BCUT2D eigenvalue weighted by Gasteiger charge is -2.06. The van der Waals surface area contributed by atoms with Crippen molar-refractivity contribution in [3.05, 3.63) is 47.1 Å². The van der Waals surface area contributed by atoms with Gasteiger partial charge < -0.3 is 5.32 Å². The van der Waals surface area contributed by atoms with Crippen LogP contribution in [0.15, 0.2) is 41.7 Å². The van der Waals surface area contributed by atoms with E-state index < -0.39 is 0 Å². The summed E-state index contributed by atoms with van der Waals surface area (Å²) in [6, 6.07) is 11.1. The van der Waals surface area contributed by atoms with Crippen LogP contribution in [0.2, 0.25) is 0 Å². The van der Waals surface area contributed by atoms with Gasteiger partial charge in [0.15, 0.2) is 0 Å². The second-order valence-electron chi connectivity index (χ2n) is 4.96. The molecule has 1 aromatic carbocycles. The number of nitrogens with one attached hydrogen (secondary N) is 1. The Morgan fingerprint density at radius 1 is 1.38 bits per heavy atom. The highest BCUT2D eigenvalue weighted by molar-refractivity contribution is 8.00. The van der Waals surface area contributed by atoms with E-state index in [4.69, 9.17) is 5.26 Å². The van der Waals surface area contributed by atoms with Crippen molar-refractivity contribution in [2.24, 2.45) is 0 Å². The van der Waals surface area contributed by atoms with Crippen molar-refractivity contribution < 1.29 is 4.79 Å². The molecule has 0 spiro atoms. The van der Waals surface area contributed by atoms with Crippen LogP contribution >= 0.6 is 23.1 Å². The topological polar surface area (TPSA) is 78.7 Å². The van der Waals surface area contributed by atoms with Gasteiger partial charge in [-0.1, -0.05) is 30.8 Å². The van der Waals surface area contributed by atoms with E-state index in [9.17, 15) is 4.79 Å². The molecular formula is C17H14N4OS2. The minimum absolute atomic E-state index is 0.166. The number of carbonyl (C=O) groups is 1. The van der Waals surface area contributed by atoms with Gasteiger partial charge in [-0.2, -0.15) is 5.26 Å². The molecule has 5 nitrogen and oxygen atoms in total. The van der Waals surface area contributed by atoms with Crippen LogP contribution in [0.4, 0.5) is 5.69 Å². The third kappa shape index (κ3) is 3.55. The van der Waals surface area contributed by atoms with Crippen LogP contribution < -0.4 is 5.32 Å². The molecule has 24 heavy (non-hydrogen) atoms. The average Bonchev–Trinajstić information content (AvgIpc) is 3.04. The first kappa shape index (κ1) is 16.4. The highest BCUT2D eigenvalue weighted by Crippen LogP contribution is 2.31. The van der Waals surface area contributed by atoms with E-state index in [1.165, 1.54) is 23.0 Å². The number of benzene rings is 1. The molecule has 0 aliphatic carbocycles. The lowest BCUT2D eigenvalue weighted by molar-refractivity contribution is -0.113. The number of hydrogen-bond acceptors (Lipinski definition) is 6. The van der Waals surface area contributed by atoms with Gasteiger partial charge in [0.05, 0.1) is 17.0 Å². The van der Waals surface area contributed by atoms with Crippen molar-refractivity contribution in [3.63, 3.8) is 0 Å². The minimum atomic E-state index is -0.166. The van der Waals surface area contributed by atoms with Crippen LogP contribution in [-0.2, 0) is 11.2 Å². The molecule has 2 heterocycles. The zero-order chi connectivity index (χ0) is 16.9. The van der Waals surface area contributed by atoms with E-state index in [1.54, 1.807) is 35.6 Å². The van der Waals surface area contributed by atoms with Gasteiger partial charge >= 0.3 is 0 Å². The van der Waals surface area contributed by atoms with Crippen LogP contribution in [0.25, 0.3) is 10.2 Å². The molecular weight excluding hydrogens is 340 g/mol. The lowest BCUT2D eigenvalue weighted by atomic mass is 10.2. The molecule has 120 valence electrons. The summed E-state index contributed by atoms with van der Waals surface area (Å²) in [5, 5.41) is 13.6. The summed E-state index contributed by atoms with van der Waals surface area (Å²) in [6.45, 7) is 2.10. The highest BCUT2D eigenvalue weighted by atomic mass is 32.2. The molecule has 0 saturated heterocycles. The van der Waals surface area contributed by atoms with Crippen molar-refractivity contribution in [3.8, 4) is 6.07 Å². The number of nitrogens with zero attached hydrogens (tertiary/aromatic N) is 3. The van der Waals surface area contributed by atoms with Gasteiger partial charge in [-0.15, -0.1) is 11.3 Å².